The maximum Gasteiger partial charge on any atom is 0.243 e. The van der Waals surface area contributed by atoms with Crippen molar-refractivity contribution < 1.29 is 9.47 Å². The Kier molecular flexibility index (Phi) is 12.1. The minimum absolute atomic E-state index is 0.0361. The first-order chi connectivity index (χ1) is 28.8. The summed E-state index contributed by atoms with van der Waals surface area (Å²) in [6, 6.07) is 48.2. The normalized spacial score (nSPS) is 11.3. The lowest BCUT2D eigenvalue weighted by molar-refractivity contribution is 0.441. The standard InChI is InChI=1S/2C25H26N4O/c1-25(2,3)19-13-8-9-15-22(19)30-24-20(14-10-16-26-24)27-23-17-21(29(4)28-23)18-11-6-5-7-12-18;1-25(2,3)19-13-8-9-15-22(19)30-24-20(14-10-16-26-24)27-23-17-21(28-29(23)4)18-11-6-5-7-12-18/h5-17H,1-4H3,(H,27,28);5-17,27H,1-4H3. The second-order valence-corrected chi connectivity index (χ2v) is 16.5. The number of hydrogen-bond acceptors (Lipinski definition) is 8. The smallest absolute Gasteiger partial charge is 0.243 e. The molecule has 0 fully saturated rings. The molecule has 10 heteroatoms. The number of pyridine rings is 2. The monoisotopic (exact) mass is 796 g/mol. The average molecular weight is 797 g/mol. The number of nitrogens with one attached hydrogen (secondary N) is 2. The van der Waals surface area contributed by atoms with Crippen molar-refractivity contribution in [2.75, 3.05) is 10.6 Å². The van der Waals surface area contributed by atoms with Gasteiger partial charge >= 0.3 is 0 Å². The lowest BCUT2D eigenvalue weighted by Gasteiger charge is -2.22. The van der Waals surface area contributed by atoms with Crippen LogP contribution < -0.4 is 20.1 Å². The van der Waals surface area contributed by atoms with Gasteiger partial charge in [-0.3, -0.25) is 9.36 Å². The summed E-state index contributed by atoms with van der Waals surface area (Å²) in [6.07, 6.45) is 3.47. The van der Waals surface area contributed by atoms with Crippen LogP contribution in [0, 0.1) is 0 Å². The summed E-state index contributed by atoms with van der Waals surface area (Å²) in [4.78, 5) is 8.93. The highest BCUT2D eigenvalue weighted by atomic mass is 16.5. The Hall–Kier alpha value is -7.20. The highest BCUT2D eigenvalue weighted by Gasteiger charge is 2.22. The first kappa shape index (κ1) is 41.0. The quantitative estimate of drug-likeness (QED) is 0.141. The first-order valence-corrected chi connectivity index (χ1v) is 20.0. The van der Waals surface area contributed by atoms with Gasteiger partial charge in [0.05, 0.1) is 11.4 Å². The number of nitrogens with zero attached hydrogens (tertiary/aromatic N) is 6. The van der Waals surface area contributed by atoms with Crippen LogP contribution in [0.2, 0.25) is 0 Å². The molecule has 0 aliphatic carbocycles. The van der Waals surface area contributed by atoms with Gasteiger partial charge in [0.25, 0.3) is 0 Å². The summed E-state index contributed by atoms with van der Waals surface area (Å²) in [5, 5.41) is 16.0. The Morgan fingerprint density at radius 2 is 0.967 bits per heavy atom. The second-order valence-electron chi connectivity index (χ2n) is 16.5. The molecule has 4 aromatic carbocycles. The number of para-hydroxylation sites is 2. The van der Waals surface area contributed by atoms with E-state index in [9.17, 15) is 0 Å². The number of aryl methyl sites for hydroxylation is 2. The zero-order chi connectivity index (χ0) is 42.3. The Morgan fingerprint density at radius 1 is 0.483 bits per heavy atom. The SMILES string of the molecule is Cn1nc(-c2ccccc2)cc1Nc1cccnc1Oc1ccccc1C(C)(C)C.Cn1nc(Nc2cccnc2Oc2ccccc2C(C)(C)C)cc1-c1ccccc1. The van der Waals surface area contributed by atoms with Gasteiger partial charge in [0, 0.05) is 55.3 Å². The highest BCUT2D eigenvalue weighted by molar-refractivity contribution is 5.70. The minimum atomic E-state index is -0.0372. The van der Waals surface area contributed by atoms with Crippen LogP contribution in [0.4, 0.5) is 23.0 Å². The van der Waals surface area contributed by atoms with Crippen molar-refractivity contribution in [3.05, 3.63) is 169 Å². The molecule has 2 N–H and O–H groups in total. The van der Waals surface area contributed by atoms with Gasteiger partial charge in [-0.1, -0.05) is 139 Å². The average Bonchev–Trinajstić information content (AvgIpc) is 3.80. The zero-order valence-corrected chi connectivity index (χ0v) is 35.5. The molecule has 8 aromatic rings. The van der Waals surface area contributed by atoms with Crippen molar-refractivity contribution in [1.82, 2.24) is 29.5 Å². The van der Waals surface area contributed by atoms with Gasteiger partial charge in [0.1, 0.15) is 28.7 Å². The van der Waals surface area contributed by atoms with Crippen LogP contribution in [0.25, 0.3) is 22.5 Å². The number of benzene rings is 4. The number of ether oxygens (including phenoxy) is 2. The molecule has 8 rings (SSSR count). The molecule has 60 heavy (non-hydrogen) atoms. The maximum atomic E-state index is 6.27. The van der Waals surface area contributed by atoms with Crippen LogP contribution in [0.15, 0.2) is 158 Å². The fourth-order valence-corrected chi connectivity index (χ4v) is 6.71. The summed E-state index contributed by atoms with van der Waals surface area (Å²) in [7, 11) is 3.86. The molecule has 0 saturated heterocycles. The van der Waals surface area contributed by atoms with E-state index in [4.69, 9.17) is 9.47 Å². The van der Waals surface area contributed by atoms with E-state index in [0.717, 1.165) is 68.2 Å². The van der Waals surface area contributed by atoms with E-state index in [1.807, 2.05) is 145 Å². The summed E-state index contributed by atoms with van der Waals surface area (Å²) >= 11 is 0. The van der Waals surface area contributed by atoms with Gasteiger partial charge in [-0.25, -0.2) is 9.97 Å². The predicted molar refractivity (Wildman–Crippen MR) is 243 cm³/mol. The summed E-state index contributed by atoms with van der Waals surface area (Å²) < 4.78 is 16.2. The molecule has 0 atom stereocenters. The van der Waals surface area contributed by atoms with Crippen molar-refractivity contribution in [3.8, 4) is 45.8 Å². The number of anilines is 4. The first-order valence-electron chi connectivity index (χ1n) is 20.0. The third kappa shape index (κ3) is 9.90. The number of rotatable bonds is 10. The molecule has 0 aliphatic heterocycles. The number of aromatic nitrogens is 6. The van der Waals surface area contributed by atoms with E-state index in [2.05, 4.69) is 96.6 Å². The zero-order valence-electron chi connectivity index (χ0n) is 35.5. The van der Waals surface area contributed by atoms with Gasteiger partial charge in [-0.15, -0.1) is 0 Å². The van der Waals surface area contributed by atoms with Crippen LogP contribution >= 0.6 is 0 Å². The molecule has 304 valence electrons. The van der Waals surface area contributed by atoms with E-state index in [1.165, 1.54) is 0 Å². The molecule has 4 heterocycles. The van der Waals surface area contributed by atoms with Crippen LogP contribution in [0.1, 0.15) is 52.7 Å². The topological polar surface area (TPSA) is 104 Å². The molecule has 0 saturated carbocycles. The molecule has 0 bridgehead atoms. The molecule has 0 unspecified atom stereocenters. The van der Waals surface area contributed by atoms with Gasteiger partial charge in [-0.05, 0) is 52.8 Å². The molecular weight excluding hydrogens is 745 g/mol. The van der Waals surface area contributed by atoms with Gasteiger partial charge in [0.15, 0.2) is 5.82 Å². The van der Waals surface area contributed by atoms with Gasteiger partial charge in [-0.2, -0.15) is 10.2 Å². The van der Waals surface area contributed by atoms with Gasteiger partial charge in [0.2, 0.25) is 11.8 Å². The molecule has 0 amide bonds. The molecule has 0 aliphatic rings. The summed E-state index contributed by atoms with van der Waals surface area (Å²) in [5.74, 6) is 4.24. The molecule has 10 nitrogen and oxygen atoms in total. The Bertz CT molecular complexity index is 2660. The van der Waals surface area contributed by atoms with Crippen molar-refractivity contribution >= 4 is 23.0 Å². The third-order valence-corrected chi connectivity index (χ3v) is 9.77. The predicted octanol–water partition coefficient (Wildman–Crippen LogP) is 12.6. The number of hydrogen-bond donors (Lipinski definition) is 2. The van der Waals surface area contributed by atoms with Crippen LogP contribution in [0.5, 0.6) is 23.3 Å². The Morgan fingerprint density at radius 3 is 1.50 bits per heavy atom. The molecule has 0 spiro atoms. The molecule has 4 aromatic heterocycles. The largest absolute Gasteiger partial charge is 0.437 e. The fraction of sp³-hybridized carbons (Fsp3) is 0.200. The van der Waals surface area contributed by atoms with Crippen molar-refractivity contribution in [1.29, 1.82) is 0 Å². The van der Waals surface area contributed by atoms with Crippen molar-refractivity contribution in [3.63, 3.8) is 0 Å². The molecule has 0 radical (unpaired) electrons. The fourth-order valence-electron chi connectivity index (χ4n) is 6.71. The second kappa shape index (κ2) is 17.7. The lowest BCUT2D eigenvalue weighted by Crippen LogP contribution is -2.12. The van der Waals surface area contributed by atoms with E-state index in [-0.39, 0.29) is 10.8 Å². The van der Waals surface area contributed by atoms with Crippen molar-refractivity contribution in [2.45, 2.75) is 52.4 Å². The van der Waals surface area contributed by atoms with Crippen molar-refractivity contribution in [2.24, 2.45) is 14.1 Å². The summed E-state index contributed by atoms with van der Waals surface area (Å²) in [6.45, 7) is 13.0. The Labute approximate surface area is 352 Å². The van der Waals surface area contributed by atoms with Gasteiger partial charge < -0.3 is 20.1 Å². The maximum absolute atomic E-state index is 6.27. The summed E-state index contributed by atoms with van der Waals surface area (Å²) in [5.41, 5.74) is 7.86. The van der Waals surface area contributed by atoms with E-state index in [0.29, 0.717) is 11.8 Å². The van der Waals surface area contributed by atoms with Crippen LogP contribution in [-0.4, -0.2) is 29.5 Å². The highest BCUT2D eigenvalue weighted by Crippen LogP contribution is 2.38. The van der Waals surface area contributed by atoms with E-state index < -0.39 is 0 Å². The third-order valence-electron chi connectivity index (χ3n) is 9.77. The van der Waals surface area contributed by atoms with Crippen LogP contribution in [0.3, 0.4) is 0 Å². The Balaban J connectivity index is 0.000000181. The van der Waals surface area contributed by atoms with Crippen LogP contribution in [-0.2, 0) is 24.9 Å². The van der Waals surface area contributed by atoms with E-state index in [1.54, 1.807) is 12.4 Å². The minimum Gasteiger partial charge on any atom is -0.437 e. The van der Waals surface area contributed by atoms with E-state index >= 15 is 0 Å². The molecular formula is C50H52N8O2. The lowest BCUT2D eigenvalue weighted by atomic mass is 9.86.